The van der Waals surface area contributed by atoms with Crippen molar-refractivity contribution in [1.82, 2.24) is 20.2 Å². The highest BCUT2D eigenvalue weighted by Gasteiger charge is 2.58. The van der Waals surface area contributed by atoms with Crippen LogP contribution in [-0.2, 0) is 14.3 Å². The van der Waals surface area contributed by atoms with Gasteiger partial charge in [-0.05, 0) is 71.6 Å². The average molecular weight is 646 g/mol. The first-order valence-electron chi connectivity index (χ1n) is 16.1. The first-order valence-corrected chi connectivity index (χ1v) is 17.0. The second kappa shape index (κ2) is 12.3. The van der Waals surface area contributed by atoms with Crippen molar-refractivity contribution in [2.75, 3.05) is 11.9 Å². The van der Waals surface area contributed by atoms with E-state index in [0.29, 0.717) is 23.9 Å². The van der Waals surface area contributed by atoms with Gasteiger partial charge in [0.05, 0.1) is 17.8 Å². The van der Waals surface area contributed by atoms with Gasteiger partial charge in [0.25, 0.3) is 0 Å². The third kappa shape index (κ3) is 6.61. The quantitative estimate of drug-likeness (QED) is 0.256. The summed E-state index contributed by atoms with van der Waals surface area (Å²) in [7, 11) is 0. The molecular formula is C35H43N5O5S. The summed E-state index contributed by atoms with van der Waals surface area (Å²) in [5.41, 5.74) is 1.55. The Morgan fingerprint density at radius 3 is 2.57 bits per heavy atom. The van der Waals surface area contributed by atoms with Gasteiger partial charge in [0.1, 0.15) is 34.7 Å². The van der Waals surface area contributed by atoms with Gasteiger partial charge in [-0.3, -0.25) is 14.5 Å². The molecule has 1 saturated heterocycles. The molecule has 2 N–H and O–H groups in total. The standard InChI is InChI=1S/C35H43N5O5S/c1-7-22-17-35(22,21(3)41)39-31(42)29-15-24(18-40(29)33(43)45-34(4,5)6)44-30-16-27(37-26-14-20(2)12-13-25(26)30)28-19-46-32(38-28)36-23-10-8-9-11-23/h7,12-14,16,19,22-24,29H,1,8-11,15,17-18H2,2-6H3,(H,36,38)(H,39,42)/t22-,24-,29+,35+/m1/s1. The van der Waals surface area contributed by atoms with E-state index in [1.807, 2.05) is 36.6 Å². The molecule has 3 heterocycles. The highest BCUT2D eigenvalue weighted by atomic mass is 32.1. The van der Waals surface area contributed by atoms with Gasteiger partial charge in [-0.15, -0.1) is 17.9 Å². The number of Topliss-reactive ketones (excluding diaryl/α,β-unsaturated/α-hetero) is 1. The zero-order valence-electron chi connectivity index (χ0n) is 27.2. The molecule has 6 rings (SSSR count). The molecule has 2 amide bonds. The molecule has 244 valence electrons. The summed E-state index contributed by atoms with van der Waals surface area (Å²) in [5.74, 6) is -0.0723. The molecule has 4 atom stereocenters. The van der Waals surface area contributed by atoms with Gasteiger partial charge in [-0.25, -0.2) is 14.8 Å². The minimum atomic E-state index is -0.982. The molecule has 3 fully saturated rings. The Bertz CT molecular complexity index is 1680. The van der Waals surface area contributed by atoms with Crippen LogP contribution in [0.2, 0.25) is 0 Å². The molecule has 0 spiro atoms. The first kappa shape index (κ1) is 32.0. The molecule has 0 unspecified atom stereocenters. The van der Waals surface area contributed by atoms with Gasteiger partial charge >= 0.3 is 6.09 Å². The van der Waals surface area contributed by atoms with Gasteiger partial charge < -0.3 is 20.1 Å². The van der Waals surface area contributed by atoms with E-state index in [0.717, 1.165) is 40.1 Å². The second-order valence-corrected chi connectivity index (χ2v) is 14.7. The normalized spacial score (nSPS) is 24.5. The molecule has 3 aromatic rings. The third-order valence-corrected chi connectivity index (χ3v) is 9.91. The summed E-state index contributed by atoms with van der Waals surface area (Å²) in [6.45, 7) is 12.8. The van der Waals surface area contributed by atoms with Crippen LogP contribution in [-0.4, -0.2) is 68.5 Å². The number of benzene rings is 1. The number of rotatable bonds is 9. The fourth-order valence-electron chi connectivity index (χ4n) is 6.58. The topological polar surface area (TPSA) is 123 Å². The number of pyridine rings is 1. The van der Waals surface area contributed by atoms with Crippen molar-refractivity contribution in [2.45, 2.75) is 102 Å². The minimum absolute atomic E-state index is 0.130. The fraction of sp³-hybridized carbons (Fsp3) is 0.514. The molecule has 46 heavy (non-hydrogen) atoms. The van der Waals surface area contributed by atoms with Gasteiger partial charge in [-0.2, -0.15) is 0 Å². The number of amides is 2. The number of hydrogen-bond donors (Lipinski definition) is 2. The Balaban J connectivity index is 1.28. The first-order chi connectivity index (χ1) is 21.8. The van der Waals surface area contributed by atoms with Gasteiger partial charge in [0, 0.05) is 35.2 Å². The second-order valence-electron chi connectivity index (χ2n) is 13.9. The lowest BCUT2D eigenvalue weighted by Crippen LogP contribution is -2.53. The van der Waals surface area contributed by atoms with E-state index in [2.05, 4.69) is 17.2 Å². The van der Waals surface area contributed by atoms with Crippen LogP contribution in [0, 0.1) is 12.8 Å². The van der Waals surface area contributed by atoms with Crippen LogP contribution in [0.15, 0.2) is 42.3 Å². The summed E-state index contributed by atoms with van der Waals surface area (Å²) in [6.07, 6.45) is 6.10. The van der Waals surface area contributed by atoms with Crippen molar-refractivity contribution >= 4 is 45.2 Å². The maximum absolute atomic E-state index is 13.7. The van der Waals surface area contributed by atoms with Crippen LogP contribution in [0.1, 0.15) is 71.8 Å². The van der Waals surface area contributed by atoms with Gasteiger partial charge in [0.2, 0.25) is 5.91 Å². The zero-order valence-corrected chi connectivity index (χ0v) is 28.0. The van der Waals surface area contributed by atoms with E-state index in [4.69, 9.17) is 19.4 Å². The van der Waals surface area contributed by atoms with E-state index >= 15 is 0 Å². The summed E-state index contributed by atoms with van der Waals surface area (Å²) in [4.78, 5) is 50.9. The number of nitrogens with zero attached hydrogens (tertiary/aromatic N) is 3. The average Bonchev–Trinajstić information content (AvgIpc) is 3.41. The van der Waals surface area contributed by atoms with Crippen LogP contribution in [0.25, 0.3) is 22.3 Å². The molecule has 0 radical (unpaired) electrons. The lowest BCUT2D eigenvalue weighted by atomic mass is 10.1. The molecule has 10 nitrogen and oxygen atoms in total. The van der Waals surface area contributed by atoms with Crippen molar-refractivity contribution in [1.29, 1.82) is 0 Å². The van der Waals surface area contributed by atoms with Crippen LogP contribution in [0.4, 0.5) is 9.93 Å². The number of aryl methyl sites for hydroxylation is 1. The molecular weight excluding hydrogens is 602 g/mol. The largest absolute Gasteiger partial charge is 0.488 e. The number of fused-ring (bicyclic) bond motifs is 1. The molecule has 3 aliphatic rings. The third-order valence-electron chi connectivity index (χ3n) is 9.14. The molecule has 2 saturated carbocycles. The summed E-state index contributed by atoms with van der Waals surface area (Å²) in [5, 5.41) is 10.2. The Labute approximate surface area is 274 Å². The lowest BCUT2D eigenvalue weighted by molar-refractivity contribution is -0.130. The lowest BCUT2D eigenvalue weighted by Gasteiger charge is -2.28. The highest BCUT2D eigenvalue weighted by molar-refractivity contribution is 7.14. The summed E-state index contributed by atoms with van der Waals surface area (Å²) in [6, 6.07) is 7.47. The number of likely N-dealkylation sites (tertiary alicyclic amines) is 1. The summed E-state index contributed by atoms with van der Waals surface area (Å²) >= 11 is 1.57. The van der Waals surface area contributed by atoms with Crippen molar-refractivity contribution in [2.24, 2.45) is 5.92 Å². The Morgan fingerprint density at radius 2 is 1.89 bits per heavy atom. The number of anilines is 1. The maximum atomic E-state index is 13.7. The Kier molecular flexibility index (Phi) is 8.56. The van der Waals surface area contributed by atoms with E-state index in [1.54, 1.807) is 38.2 Å². The molecule has 11 heteroatoms. The number of nitrogens with one attached hydrogen (secondary N) is 2. The highest BCUT2D eigenvalue weighted by Crippen LogP contribution is 2.45. The molecule has 1 aliphatic heterocycles. The number of aromatic nitrogens is 2. The maximum Gasteiger partial charge on any atom is 0.411 e. The van der Waals surface area contributed by atoms with Gasteiger partial charge in [-0.1, -0.05) is 25.0 Å². The van der Waals surface area contributed by atoms with Crippen LogP contribution >= 0.6 is 11.3 Å². The van der Waals surface area contributed by atoms with Crippen molar-refractivity contribution < 1.29 is 23.9 Å². The number of carbonyl (C=O) groups excluding carboxylic acids is 3. The van der Waals surface area contributed by atoms with Crippen molar-refractivity contribution in [3.05, 3.63) is 47.9 Å². The van der Waals surface area contributed by atoms with E-state index in [-0.39, 0.29) is 24.7 Å². The van der Waals surface area contributed by atoms with Crippen LogP contribution in [0.3, 0.4) is 0 Å². The minimum Gasteiger partial charge on any atom is -0.488 e. The van der Waals surface area contributed by atoms with Gasteiger partial charge in [0.15, 0.2) is 10.9 Å². The SMILES string of the molecule is C=C[C@@H]1C[C@]1(NC(=O)[C@@H]1C[C@@H](Oc2cc(-c3csc(NC4CCCC4)n3)nc3cc(C)ccc23)CN1C(=O)OC(C)(C)C)C(C)=O. The predicted octanol–water partition coefficient (Wildman–Crippen LogP) is 6.43. The number of thiazole rings is 1. The zero-order chi connectivity index (χ0) is 32.8. The molecule has 2 aliphatic carbocycles. The summed E-state index contributed by atoms with van der Waals surface area (Å²) < 4.78 is 12.3. The number of carbonyl (C=O) groups is 3. The van der Waals surface area contributed by atoms with Crippen LogP contribution < -0.4 is 15.4 Å². The smallest absolute Gasteiger partial charge is 0.411 e. The van der Waals surface area contributed by atoms with Crippen LogP contribution in [0.5, 0.6) is 5.75 Å². The fourth-order valence-corrected chi connectivity index (χ4v) is 7.37. The Morgan fingerprint density at radius 1 is 1.13 bits per heavy atom. The monoisotopic (exact) mass is 645 g/mol. The van der Waals surface area contributed by atoms with E-state index in [1.165, 1.54) is 24.7 Å². The number of ketones is 1. The predicted molar refractivity (Wildman–Crippen MR) is 179 cm³/mol. The van der Waals surface area contributed by atoms with E-state index in [9.17, 15) is 14.4 Å². The number of hydrogen-bond acceptors (Lipinski definition) is 9. The van der Waals surface area contributed by atoms with E-state index < -0.39 is 35.3 Å². The molecule has 1 aromatic carbocycles. The van der Waals surface area contributed by atoms with Crippen molar-refractivity contribution in [3.8, 4) is 17.1 Å². The molecule has 0 bridgehead atoms. The Hall–Kier alpha value is -3.99. The molecule has 2 aromatic heterocycles. The van der Waals surface area contributed by atoms with Crippen molar-refractivity contribution in [3.63, 3.8) is 0 Å². The number of ether oxygens (including phenoxy) is 2.